The van der Waals surface area contributed by atoms with Crippen LogP contribution in [0, 0.1) is 23.2 Å². The van der Waals surface area contributed by atoms with Crippen molar-refractivity contribution in [1.29, 1.82) is 5.26 Å². The van der Waals surface area contributed by atoms with E-state index in [4.69, 9.17) is 10.00 Å². The first-order chi connectivity index (χ1) is 7.19. The molecule has 3 atom stereocenters. The molecule has 1 amide bonds. The molecular formula is C11H18N2O2. The molecule has 15 heavy (non-hydrogen) atoms. The van der Waals surface area contributed by atoms with E-state index in [9.17, 15) is 4.79 Å². The zero-order chi connectivity index (χ0) is 11.3. The molecule has 1 N–H and O–H groups in total. The Kier molecular flexibility index (Phi) is 4.57. The Morgan fingerprint density at radius 1 is 1.73 bits per heavy atom. The standard InChI is InChI=1S/C11H18N2O2/c1-3-10-9(4-5-15-10)7-13-11(14)8(2)6-12/h8-10H,3-5,7H2,1-2H3,(H,13,14). The molecule has 0 spiro atoms. The lowest BCUT2D eigenvalue weighted by Gasteiger charge is -2.17. The minimum Gasteiger partial charge on any atom is -0.378 e. The fourth-order valence-electron chi connectivity index (χ4n) is 1.82. The molecular weight excluding hydrogens is 192 g/mol. The number of hydrogen-bond acceptors (Lipinski definition) is 3. The molecule has 3 unspecified atom stereocenters. The van der Waals surface area contributed by atoms with Crippen LogP contribution in [0.4, 0.5) is 0 Å². The van der Waals surface area contributed by atoms with Crippen molar-refractivity contribution in [3.63, 3.8) is 0 Å². The van der Waals surface area contributed by atoms with Crippen LogP contribution in [0.3, 0.4) is 0 Å². The predicted octanol–water partition coefficient (Wildman–Crippen LogP) is 1.08. The molecule has 1 rings (SSSR count). The highest BCUT2D eigenvalue weighted by molar-refractivity contribution is 5.80. The van der Waals surface area contributed by atoms with E-state index < -0.39 is 5.92 Å². The minimum atomic E-state index is -0.563. The van der Waals surface area contributed by atoms with Gasteiger partial charge in [-0.3, -0.25) is 4.79 Å². The van der Waals surface area contributed by atoms with Gasteiger partial charge in [-0.1, -0.05) is 6.92 Å². The van der Waals surface area contributed by atoms with E-state index >= 15 is 0 Å². The number of ether oxygens (including phenoxy) is 1. The smallest absolute Gasteiger partial charge is 0.237 e. The zero-order valence-electron chi connectivity index (χ0n) is 9.32. The Balaban J connectivity index is 2.31. The van der Waals surface area contributed by atoms with E-state index in [-0.39, 0.29) is 12.0 Å². The van der Waals surface area contributed by atoms with Crippen LogP contribution in [0.5, 0.6) is 0 Å². The minimum absolute atomic E-state index is 0.181. The van der Waals surface area contributed by atoms with Crippen LogP contribution >= 0.6 is 0 Å². The molecule has 0 radical (unpaired) electrons. The van der Waals surface area contributed by atoms with Gasteiger partial charge in [-0.25, -0.2) is 0 Å². The van der Waals surface area contributed by atoms with Crippen LogP contribution in [0.25, 0.3) is 0 Å². The van der Waals surface area contributed by atoms with E-state index in [1.54, 1.807) is 6.92 Å². The lowest BCUT2D eigenvalue weighted by molar-refractivity contribution is -0.123. The van der Waals surface area contributed by atoms with E-state index in [1.807, 2.05) is 6.07 Å². The van der Waals surface area contributed by atoms with Crippen molar-refractivity contribution in [2.24, 2.45) is 11.8 Å². The van der Waals surface area contributed by atoms with Crippen LogP contribution in [0.1, 0.15) is 26.7 Å². The molecule has 1 aliphatic rings. The van der Waals surface area contributed by atoms with Crippen LogP contribution < -0.4 is 5.32 Å². The largest absolute Gasteiger partial charge is 0.378 e. The van der Waals surface area contributed by atoms with Gasteiger partial charge in [0.05, 0.1) is 12.2 Å². The summed E-state index contributed by atoms with van der Waals surface area (Å²) in [4.78, 5) is 11.4. The third-order valence-electron chi connectivity index (χ3n) is 2.87. The first-order valence-electron chi connectivity index (χ1n) is 5.48. The zero-order valence-corrected chi connectivity index (χ0v) is 9.32. The highest BCUT2D eigenvalue weighted by Gasteiger charge is 2.27. The summed E-state index contributed by atoms with van der Waals surface area (Å²) in [5.41, 5.74) is 0. The monoisotopic (exact) mass is 210 g/mol. The van der Waals surface area contributed by atoms with Gasteiger partial charge >= 0.3 is 0 Å². The molecule has 84 valence electrons. The molecule has 4 nitrogen and oxygen atoms in total. The van der Waals surface area contributed by atoms with Gasteiger partial charge in [-0.2, -0.15) is 5.26 Å². The van der Waals surface area contributed by atoms with E-state index in [2.05, 4.69) is 12.2 Å². The summed E-state index contributed by atoms with van der Waals surface area (Å²) in [6.07, 6.45) is 2.25. The highest BCUT2D eigenvalue weighted by atomic mass is 16.5. The second-order valence-corrected chi connectivity index (χ2v) is 3.96. The topological polar surface area (TPSA) is 62.1 Å². The highest BCUT2D eigenvalue weighted by Crippen LogP contribution is 2.22. The number of amides is 1. The number of nitriles is 1. The Morgan fingerprint density at radius 3 is 3.07 bits per heavy atom. The lowest BCUT2D eigenvalue weighted by Crippen LogP contribution is -2.35. The van der Waals surface area contributed by atoms with E-state index in [1.165, 1.54) is 0 Å². The fraction of sp³-hybridized carbons (Fsp3) is 0.818. The van der Waals surface area contributed by atoms with Gasteiger partial charge in [0.1, 0.15) is 5.92 Å². The van der Waals surface area contributed by atoms with Crippen molar-refractivity contribution < 1.29 is 9.53 Å². The van der Waals surface area contributed by atoms with Gasteiger partial charge in [-0.05, 0) is 19.8 Å². The average molecular weight is 210 g/mol. The summed E-state index contributed by atoms with van der Waals surface area (Å²) >= 11 is 0. The molecule has 0 aliphatic carbocycles. The molecule has 0 aromatic rings. The number of carbonyl (C=O) groups is 1. The Morgan fingerprint density at radius 2 is 2.47 bits per heavy atom. The summed E-state index contributed by atoms with van der Waals surface area (Å²) in [5.74, 6) is -0.337. The molecule has 0 aromatic heterocycles. The quantitative estimate of drug-likeness (QED) is 0.755. The molecule has 1 fully saturated rings. The molecule has 4 heteroatoms. The average Bonchev–Trinajstić information content (AvgIpc) is 2.71. The molecule has 1 heterocycles. The Bertz CT molecular complexity index is 260. The molecule has 0 aromatic carbocycles. The maximum absolute atomic E-state index is 11.4. The fourth-order valence-corrected chi connectivity index (χ4v) is 1.82. The van der Waals surface area contributed by atoms with Crippen molar-refractivity contribution >= 4 is 5.91 Å². The first kappa shape index (κ1) is 12.0. The first-order valence-corrected chi connectivity index (χ1v) is 5.48. The number of carbonyl (C=O) groups excluding carboxylic acids is 1. The Labute approximate surface area is 90.6 Å². The van der Waals surface area contributed by atoms with Crippen LogP contribution in [-0.2, 0) is 9.53 Å². The maximum atomic E-state index is 11.4. The number of hydrogen-bond donors (Lipinski definition) is 1. The van der Waals surface area contributed by atoms with Gasteiger partial charge in [-0.15, -0.1) is 0 Å². The van der Waals surface area contributed by atoms with Crippen LogP contribution in [0.15, 0.2) is 0 Å². The van der Waals surface area contributed by atoms with Gasteiger partial charge in [0, 0.05) is 19.1 Å². The lowest BCUT2D eigenvalue weighted by atomic mass is 9.99. The third-order valence-corrected chi connectivity index (χ3v) is 2.87. The molecule has 0 saturated carbocycles. The van der Waals surface area contributed by atoms with Crippen molar-refractivity contribution in [3.05, 3.63) is 0 Å². The summed E-state index contributed by atoms with van der Waals surface area (Å²) in [5, 5.41) is 11.4. The van der Waals surface area contributed by atoms with Gasteiger partial charge in [0.25, 0.3) is 0 Å². The summed E-state index contributed by atoms with van der Waals surface area (Å²) in [7, 11) is 0. The van der Waals surface area contributed by atoms with Crippen molar-refractivity contribution in [2.75, 3.05) is 13.2 Å². The van der Waals surface area contributed by atoms with Crippen molar-refractivity contribution in [2.45, 2.75) is 32.8 Å². The SMILES string of the molecule is CCC1OCCC1CNC(=O)C(C)C#N. The molecule has 1 saturated heterocycles. The van der Waals surface area contributed by atoms with Gasteiger partial charge in [0.2, 0.25) is 5.91 Å². The van der Waals surface area contributed by atoms with Crippen LogP contribution in [-0.4, -0.2) is 25.2 Å². The normalized spacial score (nSPS) is 27.0. The second kappa shape index (κ2) is 5.72. The van der Waals surface area contributed by atoms with Gasteiger partial charge < -0.3 is 10.1 Å². The summed E-state index contributed by atoms with van der Waals surface area (Å²) in [6, 6.07) is 1.92. The molecule has 0 bridgehead atoms. The predicted molar refractivity (Wildman–Crippen MR) is 55.9 cm³/mol. The van der Waals surface area contributed by atoms with Crippen molar-refractivity contribution in [1.82, 2.24) is 5.32 Å². The summed E-state index contributed by atoms with van der Waals surface area (Å²) < 4.78 is 5.52. The van der Waals surface area contributed by atoms with E-state index in [0.29, 0.717) is 12.5 Å². The Hall–Kier alpha value is -1.08. The number of rotatable bonds is 4. The number of nitrogens with zero attached hydrogens (tertiary/aromatic N) is 1. The van der Waals surface area contributed by atoms with Crippen LogP contribution in [0.2, 0.25) is 0 Å². The summed E-state index contributed by atoms with van der Waals surface area (Å²) in [6.45, 7) is 5.11. The van der Waals surface area contributed by atoms with Gasteiger partial charge in [0.15, 0.2) is 0 Å². The second-order valence-electron chi connectivity index (χ2n) is 3.96. The maximum Gasteiger partial charge on any atom is 0.237 e. The van der Waals surface area contributed by atoms with Crippen molar-refractivity contribution in [3.8, 4) is 6.07 Å². The third kappa shape index (κ3) is 3.21. The van der Waals surface area contributed by atoms with E-state index in [0.717, 1.165) is 19.4 Å². The molecule has 1 aliphatic heterocycles. The number of nitrogens with one attached hydrogen (secondary N) is 1.